The van der Waals surface area contributed by atoms with Crippen LogP contribution in [0.4, 0.5) is 5.69 Å². The van der Waals surface area contributed by atoms with Crippen LogP contribution in [0.5, 0.6) is 0 Å². The Bertz CT molecular complexity index is 681. The Morgan fingerprint density at radius 3 is 2.28 bits per heavy atom. The lowest BCUT2D eigenvalue weighted by Crippen LogP contribution is -2.39. The molecule has 3 nitrogen and oxygen atoms in total. The predicted molar refractivity (Wildman–Crippen MR) is 112 cm³/mol. The maximum Gasteiger partial charge on any atom is 0.170 e. The number of likely N-dealkylation sites (N-methyl/N-ethyl adjacent to an activating group) is 1. The smallest absolute Gasteiger partial charge is 0.170 e. The molecule has 2 N–H and O–H groups in total. The van der Waals surface area contributed by atoms with Crippen molar-refractivity contribution in [2.75, 3.05) is 25.0 Å². The summed E-state index contributed by atoms with van der Waals surface area (Å²) in [6.07, 6.45) is 0. The molecule has 0 aliphatic carbocycles. The first-order chi connectivity index (χ1) is 12.0. The molecule has 0 aliphatic rings. The van der Waals surface area contributed by atoms with E-state index in [1.54, 1.807) is 0 Å². The van der Waals surface area contributed by atoms with E-state index in [0.717, 1.165) is 25.3 Å². The van der Waals surface area contributed by atoms with E-state index >= 15 is 0 Å². The van der Waals surface area contributed by atoms with E-state index in [4.69, 9.17) is 12.2 Å². The lowest BCUT2D eigenvalue weighted by molar-refractivity contribution is 0.219. The van der Waals surface area contributed by atoms with Gasteiger partial charge in [-0.15, -0.1) is 0 Å². The van der Waals surface area contributed by atoms with Gasteiger partial charge in [-0.05, 0) is 68.0 Å². The fourth-order valence-corrected chi connectivity index (χ4v) is 3.18. The van der Waals surface area contributed by atoms with Gasteiger partial charge in [-0.1, -0.05) is 50.2 Å². The second-order valence-electron chi connectivity index (χ2n) is 6.28. The number of aryl methyl sites for hydroxylation is 2. The third-order valence-corrected chi connectivity index (χ3v) is 4.90. The molecule has 0 unspecified atom stereocenters. The van der Waals surface area contributed by atoms with Gasteiger partial charge in [0.1, 0.15) is 0 Å². The molecule has 0 aromatic heterocycles. The molecular formula is C21H29N3S. The average Bonchev–Trinajstić information content (AvgIpc) is 2.62. The van der Waals surface area contributed by atoms with Crippen LogP contribution in [0.2, 0.25) is 0 Å². The molecule has 0 spiro atoms. The van der Waals surface area contributed by atoms with Crippen LogP contribution in [0, 0.1) is 13.8 Å². The van der Waals surface area contributed by atoms with Crippen LogP contribution in [-0.2, 0) is 0 Å². The predicted octanol–water partition coefficient (Wildman–Crippen LogP) is 4.67. The summed E-state index contributed by atoms with van der Waals surface area (Å²) in [5.41, 5.74) is 4.89. The number of nitrogens with one attached hydrogen (secondary N) is 2. The minimum atomic E-state index is 0.302. The molecule has 0 saturated carbocycles. The van der Waals surface area contributed by atoms with Gasteiger partial charge in [-0.3, -0.25) is 4.90 Å². The third-order valence-electron chi connectivity index (χ3n) is 4.66. The Hall–Kier alpha value is -1.91. The molecule has 0 heterocycles. The normalized spacial score (nSPS) is 12.0. The fourth-order valence-electron chi connectivity index (χ4n) is 2.98. The number of hydrogen-bond donors (Lipinski definition) is 2. The maximum atomic E-state index is 5.50. The number of thiocarbonyl (C=S) groups is 1. The molecule has 0 radical (unpaired) electrons. The lowest BCUT2D eigenvalue weighted by Gasteiger charge is -2.30. The van der Waals surface area contributed by atoms with Gasteiger partial charge in [0.15, 0.2) is 5.11 Å². The molecular weight excluding hydrogens is 326 g/mol. The van der Waals surface area contributed by atoms with Gasteiger partial charge in [-0.25, -0.2) is 0 Å². The highest BCUT2D eigenvalue weighted by Crippen LogP contribution is 2.19. The molecule has 2 rings (SSSR count). The van der Waals surface area contributed by atoms with E-state index in [9.17, 15) is 0 Å². The van der Waals surface area contributed by atoms with E-state index in [1.165, 1.54) is 16.7 Å². The second kappa shape index (κ2) is 9.54. The summed E-state index contributed by atoms with van der Waals surface area (Å²) < 4.78 is 0. The van der Waals surface area contributed by atoms with E-state index in [2.05, 4.69) is 91.8 Å². The van der Waals surface area contributed by atoms with Crippen molar-refractivity contribution in [1.29, 1.82) is 0 Å². The molecule has 134 valence electrons. The minimum absolute atomic E-state index is 0.302. The van der Waals surface area contributed by atoms with Crippen LogP contribution in [0.25, 0.3) is 0 Å². The topological polar surface area (TPSA) is 27.3 Å². The maximum absolute atomic E-state index is 5.50. The zero-order valence-electron chi connectivity index (χ0n) is 15.7. The first-order valence-corrected chi connectivity index (χ1v) is 9.37. The van der Waals surface area contributed by atoms with Gasteiger partial charge in [0.25, 0.3) is 0 Å². The Kier molecular flexibility index (Phi) is 7.41. The van der Waals surface area contributed by atoms with Crippen molar-refractivity contribution < 1.29 is 0 Å². The van der Waals surface area contributed by atoms with Crippen LogP contribution < -0.4 is 10.6 Å². The summed E-state index contributed by atoms with van der Waals surface area (Å²) in [7, 11) is 0. The van der Waals surface area contributed by atoms with Crippen LogP contribution in [0.15, 0.2) is 48.5 Å². The highest BCUT2D eigenvalue weighted by atomic mass is 32.1. The van der Waals surface area contributed by atoms with Crippen molar-refractivity contribution in [1.82, 2.24) is 10.2 Å². The summed E-state index contributed by atoms with van der Waals surface area (Å²) in [6, 6.07) is 17.2. The molecule has 0 fully saturated rings. The summed E-state index contributed by atoms with van der Waals surface area (Å²) in [4.78, 5) is 2.45. The van der Waals surface area contributed by atoms with E-state index in [1.807, 2.05) is 0 Å². The molecule has 2 aromatic carbocycles. The van der Waals surface area contributed by atoms with Crippen molar-refractivity contribution in [3.8, 4) is 0 Å². The van der Waals surface area contributed by atoms with E-state index in [-0.39, 0.29) is 0 Å². The molecule has 0 aliphatic heterocycles. The summed E-state index contributed by atoms with van der Waals surface area (Å²) in [5.74, 6) is 0. The van der Waals surface area contributed by atoms with Crippen molar-refractivity contribution in [3.63, 3.8) is 0 Å². The van der Waals surface area contributed by atoms with Crippen LogP contribution in [0.3, 0.4) is 0 Å². The molecule has 1 atom stereocenters. The molecule has 0 saturated heterocycles. The zero-order chi connectivity index (χ0) is 18.2. The van der Waals surface area contributed by atoms with Gasteiger partial charge in [0.2, 0.25) is 0 Å². The second-order valence-corrected chi connectivity index (χ2v) is 6.69. The van der Waals surface area contributed by atoms with Gasteiger partial charge in [0.05, 0.1) is 6.04 Å². The lowest BCUT2D eigenvalue weighted by atomic mass is 10.1. The number of benzene rings is 2. The van der Waals surface area contributed by atoms with Gasteiger partial charge in [0, 0.05) is 12.2 Å². The van der Waals surface area contributed by atoms with Crippen molar-refractivity contribution >= 4 is 23.0 Å². The molecule has 0 amide bonds. The molecule has 0 bridgehead atoms. The van der Waals surface area contributed by atoms with Crippen LogP contribution in [-0.4, -0.2) is 29.6 Å². The number of rotatable bonds is 7. The van der Waals surface area contributed by atoms with E-state index < -0.39 is 0 Å². The van der Waals surface area contributed by atoms with Crippen LogP contribution >= 0.6 is 12.2 Å². The first-order valence-electron chi connectivity index (χ1n) is 8.96. The first kappa shape index (κ1) is 19.4. The van der Waals surface area contributed by atoms with Crippen LogP contribution in [0.1, 0.15) is 36.6 Å². The zero-order valence-corrected chi connectivity index (χ0v) is 16.5. The SMILES string of the molecule is CCN(CC)[C@@H](CNC(=S)Nc1ccc(C)c(C)c1)c1ccccc1. The van der Waals surface area contributed by atoms with Crippen molar-refractivity contribution in [2.45, 2.75) is 33.7 Å². The summed E-state index contributed by atoms with van der Waals surface area (Å²) in [5, 5.41) is 7.35. The largest absolute Gasteiger partial charge is 0.361 e. The molecule has 2 aromatic rings. The average molecular weight is 356 g/mol. The van der Waals surface area contributed by atoms with Gasteiger partial charge in [-0.2, -0.15) is 0 Å². The number of hydrogen-bond acceptors (Lipinski definition) is 2. The van der Waals surface area contributed by atoms with E-state index in [0.29, 0.717) is 11.2 Å². The molecule has 4 heteroatoms. The third kappa shape index (κ3) is 5.55. The summed E-state index contributed by atoms with van der Waals surface area (Å²) >= 11 is 5.50. The van der Waals surface area contributed by atoms with Crippen molar-refractivity contribution in [3.05, 3.63) is 65.2 Å². The van der Waals surface area contributed by atoms with Gasteiger partial charge < -0.3 is 10.6 Å². The van der Waals surface area contributed by atoms with Crippen molar-refractivity contribution in [2.24, 2.45) is 0 Å². The number of nitrogens with zero attached hydrogens (tertiary/aromatic N) is 1. The Labute approximate surface area is 157 Å². The van der Waals surface area contributed by atoms with Gasteiger partial charge >= 0.3 is 0 Å². The number of anilines is 1. The Morgan fingerprint density at radius 2 is 1.68 bits per heavy atom. The Balaban J connectivity index is 2.01. The quantitative estimate of drug-likeness (QED) is 0.706. The monoisotopic (exact) mass is 355 g/mol. The minimum Gasteiger partial charge on any atom is -0.361 e. The standard InChI is InChI=1S/C21H29N3S/c1-5-24(6-2)20(18-10-8-7-9-11-18)15-22-21(25)23-19-13-12-16(3)17(4)14-19/h7-14,20H,5-6,15H2,1-4H3,(H2,22,23,25)/t20-/m0/s1. The molecule has 25 heavy (non-hydrogen) atoms. The Morgan fingerprint density at radius 1 is 1.00 bits per heavy atom. The highest BCUT2D eigenvalue weighted by Gasteiger charge is 2.17. The fraction of sp³-hybridized carbons (Fsp3) is 0.381. The highest BCUT2D eigenvalue weighted by molar-refractivity contribution is 7.80. The summed E-state index contributed by atoms with van der Waals surface area (Å²) in [6.45, 7) is 11.4.